The van der Waals surface area contributed by atoms with E-state index in [1.54, 1.807) is 0 Å². The number of nitrogens with one attached hydrogen (secondary N) is 1. The second kappa shape index (κ2) is 9.23. The number of thioether (sulfide) groups is 1. The Balaban J connectivity index is 1.91. The topological polar surface area (TPSA) is 103 Å². The van der Waals surface area contributed by atoms with E-state index in [4.69, 9.17) is 15.8 Å². The zero-order valence-electron chi connectivity index (χ0n) is 16.3. The van der Waals surface area contributed by atoms with Crippen LogP contribution < -0.4 is 11.1 Å². The standard InChI is InChI=1S/C20H27N5O2S/c1-13(2)16(18(26)23-19(21)27)28-20-22-17(14-9-5-3-6-10-14)25(24-20)15-11-7-4-8-12-15/h4,7-8,11-14,16H,3,5-6,9-10H2,1-2H3,(H3,21,23,26,27)/t16-/m1/s1. The Labute approximate surface area is 169 Å². The molecular weight excluding hydrogens is 374 g/mol. The predicted molar refractivity (Wildman–Crippen MR) is 109 cm³/mol. The lowest BCUT2D eigenvalue weighted by Gasteiger charge is -2.21. The van der Waals surface area contributed by atoms with Crippen molar-refractivity contribution in [1.82, 2.24) is 20.1 Å². The van der Waals surface area contributed by atoms with Gasteiger partial charge >= 0.3 is 6.03 Å². The number of primary amides is 1. The average molecular weight is 402 g/mol. The van der Waals surface area contributed by atoms with Crippen LogP contribution in [0.2, 0.25) is 0 Å². The predicted octanol–water partition coefficient (Wildman–Crippen LogP) is 3.63. The van der Waals surface area contributed by atoms with E-state index in [2.05, 4.69) is 5.32 Å². The van der Waals surface area contributed by atoms with Crippen LogP contribution in [0.5, 0.6) is 0 Å². The molecule has 0 bridgehead atoms. The van der Waals surface area contributed by atoms with Crippen LogP contribution in [0.4, 0.5) is 4.79 Å². The molecule has 1 aliphatic carbocycles. The van der Waals surface area contributed by atoms with Crippen LogP contribution in [0, 0.1) is 5.92 Å². The zero-order chi connectivity index (χ0) is 20.1. The smallest absolute Gasteiger partial charge is 0.318 e. The van der Waals surface area contributed by atoms with Crippen LogP contribution >= 0.6 is 11.8 Å². The quantitative estimate of drug-likeness (QED) is 0.720. The molecule has 7 nitrogen and oxygen atoms in total. The maximum absolute atomic E-state index is 12.4. The van der Waals surface area contributed by atoms with Crippen LogP contribution in [-0.4, -0.2) is 32.0 Å². The number of rotatable bonds is 6. The van der Waals surface area contributed by atoms with Crippen molar-refractivity contribution in [2.45, 2.75) is 62.3 Å². The fourth-order valence-electron chi connectivity index (χ4n) is 3.54. The second-order valence-electron chi connectivity index (χ2n) is 7.47. The summed E-state index contributed by atoms with van der Waals surface area (Å²) in [5.41, 5.74) is 6.07. The molecule has 1 aliphatic rings. The first kappa shape index (κ1) is 20.4. The molecule has 8 heteroatoms. The van der Waals surface area contributed by atoms with Crippen LogP contribution in [0.25, 0.3) is 5.69 Å². The first-order valence-corrected chi connectivity index (χ1v) is 10.6. The van der Waals surface area contributed by atoms with E-state index in [0.717, 1.165) is 24.4 Å². The summed E-state index contributed by atoms with van der Waals surface area (Å²) in [6.45, 7) is 3.85. The van der Waals surface area contributed by atoms with E-state index in [1.807, 2.05) is 48.9 Å². The Kier molecular flexibility index (Phi) is 6.72. The fraction of sp³-hybridized carbons (Fsp3) is 0.500. The molecule has 3 amide bonds. The molecule has 1 heterocycles. The molecule has 1 saturated carbocycles. The zero-order valence-corrected chi connectivity index (χ0v) is 17.1. The molecule has 1 aromatic heterocycles. The molecule has 1 aromatic carbocycles. The highest BCUT2D eigenvalue weighted by atomic mass is 32.2. The number of aromatic nitrogens is 3. The van der Waals surface area contributed by atoms with Crippen molar-refractivity contribution in [2.24, 2.45) is 11.7 Å². The maximum Gasteiger partial charge on any atom is 0.318 e. The van der Waals surface area contributed by atoms with Gasteiger partial charge in [0.15, 0.2) is 0 Å². The molecule has 3 rings (SSSR count). The third kappa shape index (κ3) is 4.92. The van der Waals surface area contributed by atoms with Gasteiger partial charge in [-0.05, 0) is 30.9 Å². The van der Waals surface area contributed by atoms with Crippen molar-refractivity contribution in [3.05, 3.63) is 36.2 Å². The van der Waals surface area contributed by atoms with E-state index in [0.29, 0.717) is 11.1 Å². The van der Waals surface area contributed by atoms with Gasteiger partial charge in [-0.15, -0.1) is 5.10 Å². The van der Waals surface area contributed by atoms with Crippen molar-refractivity contribution in [1.29, 1.82) is 0 Å². The largest absolute Gasteiger partial charge is 0.351 e. The molecular formula is C20H27N5O2S. The van der Waals surface area contributed by atoms with Gasteiger partial charge in [0.25, 0.3) is 0 Å². The van der Waals surface area contributed by atoms with Gasteiger partial charge in [-0.2, -0.15) is 0 Å². The van der Waals surface area contributed by atoms with Crippen molar-refractivity contribution in [3.63, 3.8) is 0 Å². The third-order valence-electron chi connectivity index (χ3n) is 4.93. The number of nitrogens with two attached hydrogens (primary N) is 1. The summed E-state index contributed by atoms with van der Waals surface area (Å²) in [5.74, 6) is 0.896. The second-order valence-corrected chi connectivity index (χ2v) is 8.58. The summed E-state index contributed by atoms with van der Waals surface area (Å²) in [6.07, 6.45) is 5.87. The average Bonchev–Trinajstić information content (AvgIpc) is 3.11. The Morgan fingerprint density at radius 2 is 1.86 bits per heavy atom. The molecule has 0 aliphatic heterocycles. The van der Waals surface area contributed by atoms with Gasteiger partial charge in [0, 0.05) is 5.92 Å². The monoisotopic (exact) mass is 401 g/mol. The van der Waals surface area contributed by atoms with Gasteiger partial charge in [-0.1, -0.05) is 63.1 Å². The first-order valence-electron chi connectivity index (χ1n) is 9.75. The summed E-state index contributed by atoms with van der Waals surface area (Å²) >= 11 is 1.28. The third-order valence-corrected chi connectivity index (χ3v) is 6.32. The highest BCUT2D eigenvalue weighted by molar-refractivity contribution is 8.00. The van der Waals surface area contributed by atoms with Gasteiger partial charge in [-0.25, -0.2) is 14.5 Å². The van der Waals surface area contributed by atoms with Gasteiger partial charge in [0.05, 0.1) is 10.9 Å². The van der Waals surface area contributed by atoms with Crippen LogP contribution in [0.15, 0.2) is 35.5 Å². The molecule has 28 heavy (non-hydrogen) atoms. The highest BCUT2D eigenvalue weighted by Crippen LogP contribution is 2.35. The number of imide groups is 1. The number of hydrogen-bond acceptors (Lipinski definition) is 5. The fourth-order valence-corrected chi connectivity index (χ4v) is 4.48. The number of hydrogen-bond donors (Lipinski definition) is 2. The van der Waals surface area contributed by atoms with Crippen molar-refractivity contribution >= 4 is 23.7 Å². The normalized spacial score (nSPS) is 16.1. The minimum atomic E-state index is -0.845. The molecule has 0 radical (unpaired) electrons. The molecule has 2 aromatic rings. The number of benzene rings is 1. The van der Waals surface area contributed by atoms with Gasteiger partial charge < -0.3 is 5.73 Å². The minimum absolute atomic E-state index is 0.00819. The first-order chi connectivity index (χ1) is 13.5. The summed E-state index contributed by atoms with van der Waals surface area (Å²) in [5, 5.41) is 6.93. The summed E-state index contributed by atoms with van der Waals surface area (Å²) < 4.78 is 1.90. The summed E-state index contributed by atoms with van der Waals surface area (Å²) in [7, 11) is 0. The lowest BCUT2D eigenvalue weighted by Crippen LogP contribution is -2.42. The molecule has 0 spiro atoms. The van der Waals surface area contributed by atoms with Crippen LogP contribution in [0.3, 0.4) is 0 Å². The minimum Gasteiger partial charge on any atom is -0.351 e. The Morgan fingerprint density at radius 1 is 1.18 bits per heavy atom. The lowest BCUT2D eigenvalue weighted by molar-refractivity contribution is -0.120. The SMILES string of the molecule is CC(C)[C@@H](Sc1nc(C2CCCCC2)n(-c2ccccc2)n1)C(=O)NC(N)=O. The Bertz CT molecular complexity index is 815. The molecule has 0 saturated heterocycles. The van der Waals surface area contributed by atoms with Crippen molar-refractivity contribution in [2.75, 3.05) is 0 Å². The number of nitrogens with zero attached hydrogens (tertiary/aromatic N) is 3. The number of carbonyl (C=O) groups is 2. The van der Waals surface area contributed by atoms with Crippen LogP contribution in [-0.2, 0) is 4.79 Å². The van der Waals surface area contributed by atoms with E-state index in [1.165, 1.54) is 31.0 Å². The maximum atomic E-state index is 12.4. The Morgan fingerprint density at radius 3 is 2.46 bits per heavy atom. The van der Waals surface area contributed by atoms with Crippen molar-refractivity contribution < 1.29 is 9.59 Å². The number of urea groups is 1. The van der Waals surface area contributed by atoms with E-state index >= 15 is 0 Å². The highest BCUT2D eigenvalue weighted by Gasteiger charge is 2.29. The number of para-hydroxylation sites is 1. The molecule has 150 valence electrons. The molecule has 1 atom stereocenters. The number of carbonyl (C=O) groups excluding carboxylic acids is 2. The lowest BCUT2D eigenvalue weighted by atomic mass is 9.88. The molecule has 0 unspecified atom stereocenters. The summed E-state index contributed by atoms with van der Waals surface area (Å²) in [4.78, 5) is 28.3. The van der Waals surface area contributed by atoms with Gasteiger partial charge in [0.2, 0.25) is 11.1 Å². The van der Waals surface area contributed by atoms with Gasteiger partial charge in [0.1, 0.15) is 5.82 Å². The van der Waals surface area contributed by atoms with Gasteiger partial charge in [-0.3, -0.25) is 10.1 Å². The number of amides is 3. The molecule has 3 N–H and O–H groups in total. The van der Waals surface area contributed by atoms with Crippen molar-refractivity contribution in [3.8, 4) is 5.69 Å². The van der Waals surface area contributed by atoms with E-state index < -0.39 is 17.2 Å². The van der Waals surface area contributed by atoms with Crippen LogP contribution in [0.1, 0.15) is 57.7 Å². The Hall–Kier alpha value is -2.35. The summed E-state index contributed by atoms with van der Waals surface area (Å²) in [6, 6.07) is 9.10. The van der Waals surface area contributed by atoms with E-state index in [-0.39, 0.29) is 5.92 Å². The van der Waals surface area contributed by atoms with E-state index in [9.17, 15) is 9.59 Å². The molecule has 1 fully saturated rings.